The Morgan fingerprint density at radius 2 is 1.70 bits per heavy atom. The average Bonchev–Trinajstić information content (AvgIpc) is 2.84. The maximum Gasteiger partial charge on any atom is 0.341 e. The molecule has 0 unspecified atom stereocenters. The summed E-state index contributed by atoms with van der Waals surface area (Å²) in [6.45, 7) is 10.7. The second-order valence-electron chi connectivity index (χ2n) is 9.01. The van der Waals surface area contributed by atoms with Crippen molar-refractivity contribution in [1.82, 2.24) is 0 Å². The van der Waals surface area contributed by atoms with E-state index in [4.69, 9.17) is 18.6 Å². The van der Waals surface area contributed by atoms with Crippen molar-refractivity contribution in [3.8, 4) is 5.75 Å². The number of carbonyl (C=O) groups excluding carboxylic acids is 1. The third-order valence-electron chi connectivity index (χ3n) is 5.48. The van der Waals surface area contributed by atoms with Crippen LogP contribution in [0.5, 0.6) is 5.75 Å². The van der Waals surface area contributed by atoms with Gasteiger partial charge in [-0.3, -0.25) is 0 Å². The monoisotopic (exact) mass is 542 g/mol. The highest BCUT2D eigenvalue weighted by Crippen LogP contribution is 2.49. The number of hydrogen-bond acceptors (Lipinski definition) is 8. The second-order valence-corrected chi connectivity index (χ2v) is 12.7. The van der Waals surface area contributed by atoms with Crippen LogP contribution in [0.25, 0.3) is 16.5 Å². The van der Waals surface area contributed by atoms with E-state index >= 15 is 0 Å². The Hall–Kier alpha value is -2.84. The van der Waals surface area contributed by atoms with E-state index in [0.717, 1.165) is 22.1 Å². The average molecular weight is 543 g/mol. The Morgan fingerprint density at radius 1 is 1.03 bits per heavy atom. The standard InChI is InChI=1S/C29H34O6S2/c1-17(2)36-29(37-18(3)4)26-24(13-12-21-19(5)14-25(30)35-27(21)26)34-15-20-10-8-9-11-22(20)23(16-32-6)28(31)33-7/h8-14,16-18,29H,15H2,1-7H3/b23-16+. The minimum Gasteiger partial charge on any atom is -0.503 e. The van der Waals surface area contributed by atoms with E-state index in [0.29, 0.717) is 33.0 Å². The molecule has 0 amide bonds. The number of carbonyl (C=O) groups is 1. The van der Waals surface area contributed by atoms with E-state index in [9.17, 15) is 9.59 Å². The molecule has 3 rings (SSSR count). The van der Waals surface area contributed by atoms with Crippen molar-refractivity contribution >= 4 is 46.0 Å². The smallest absolute Gasteiger partial charge is 0.341 e. The van der Waals surface area contributed by atoms with Gasteiger partial charge in [-0.15, -0.1) is 23.5 Å². The van der Waals surface area contributed by atoms with E-state index in [-0.39, 0.29) is 16.8 Å². The number of methoxy groups -OCH3 is 2. The summed E-state index contributed by atoms with van der Waals surface area (Å²) in [5.41, 5.74) is 3.63. The van der Waals surface area contributed by atoms with Gasteiger partial charge in [-0.05, 0) is 35.7 Å². The molecule has 6 nitrogen and oxygen atoms in total. The molecule has 0 N–H and O–H groups in total. The van der Waals surface area contributed by atoms with E-state index in [1.165, 1.54) is 26.5 Å². The van der Waals surface area contributed by atoms with Gasteiger partial charge in [-0.25, -0.2) is 9.59 Å². The first-order valence-electron chi connectivity index (χ1n) is 12.1. The summed E-state index contributed by atoms with van der Waals surface area (Å²) in [5, 5.41) is 1.58. The number of rotatable bonds is 11. The zero-order valence-electron chi connectivity index (χ0n) is 22.3. The molecule has 0 radical (unpaired) electrons. The highest BCUT2D eigenvalue weighted by molar-refractivity contribution is 8.16. The fourth-order valence-electron chi connectivity index (χ4n) is 3.91. The van der Waals surface area contributed by atoms with Gasteiger partial charge in [0.05, 0.1) is 30.6 Å². The van der Waals surface area contributed by atoms with Gasteiger partial charge in [0.1, 0.15) is 23.5 Å². The van der Waals surface area contributed by atoms with Gasteiger partial charge in [0, 0.05) is 22.0 Å². The zero-order chi connectivity index (χ0) is 27.1. The third-order valence-corrected chi connectivity index (χ3v) is 8.20. The molecule has 0 saturated heterocycles. The highest BCUT2D eigenvalue weighted by Gasteiger charge is 2.26. The van der Waals surface area contributed by atoms with Crippen molar-refractivity contribution in [3.05, 3.63) is 81.4 Å². The van der Waals surface area contributed by atoms with Crippen molar-refractivity contribution < 1.29 is 23.4 Å². The van der Waals surface area contributed by atoms with Crippen LogP contribution in [0.2, 0.25) is 0 Å². The first-order valence-corrected chi connectivity index (χ1v) is 13.9. The number of thioether (sulfide) groups is 2. The predicted octanol–water partition coefficient (Wildman–Crippen LogP) is 7.12. The van der Waals surface area contributed by atoms with Crippen LogP contribution < -0.4 is 10.4 Å². The summed E-state index contributed by atoms with van der Waals surface area (Å²) in [7, 11) is 2.82. The van der Waals surface area contributed by atoms with Gasteiger partial charge >= 0.3 is 11.6 Å². The van der Waals surface area contributed by atoms with Crippen LogP contribution in [0.3, 0.4) is 0 Å². The molecular formula is C29H34O6S2. The molecule has 1 aromatic heterocycles. The molecular weight excluding hydrogens is 508 g/mol. The number of ether oxygens (including phenoxy) is 3. The van der Waals surface area contributed by atoms with E-state index in [1.807, 2.05) is 43.3 Å². The minimum absolute atomic E-state index is 0.0158. The van der Waals surface area contributed by atoms with Crippen LogP contribution in [0, 0.1) is 6.92 Å². The fourth-order valence-corrected chi connectivity index (χ4v) is 7.21. The van der Waals surface area contributed by atoms with Crippen molar-refractivity contribution in [1.29, 1.82) is 0 Å². The molecule has 37 heavy (non-hydrogen) atoms. The maximum absolute atomic E-state index is 12.4. The first kappa shape index (κ1) is 28.7. The highest BCUT2D eigenvalue weighted by atomic mass is 32.2. The lowest BCUT2D eigenvalue weighted by Crippen LogP contribution is -2.10. The van der Waals surface area contributed by atoms with Gasteiger partial charge < -0.3 is 18.6 Å². The lowest BCUT2D eigenvalue weighted by atomic mass is 10.0. The molecule has 0 bridgehead atoms. The fraction of sp³-hybridized carbons (Fsp3) is 0.379. The van der Waals surface area contributed by atoms with Gasteiger partial charge in [-0.1, -0.05) is 52.0 Å². The number of benzene rings is 2. The normalized spacial score (nSPS) is 12.0. The summed E-state index contributed by atoms with van der Waals surface area (Å²) in [6, 6.07) is 12.8. The number of esters is 1. The van der Waals surface area contributed by atoms with Crippen molar-refractivity contribution in [2.75, 3.05) is 14.2 Å². The van der Waals surface area contributed by atoms with Crippen LogP contribution in [0.15, 0.2) is 57.9 Å². The number of hydrogen-bond donors (Lipinski definition) is 0. The lowest BCUT2D eigenvalue weighted by Gasteiger charge is -2.24. The quantitative estimate of drug-likeness (QED) is 0.0833. The predicted molar refractivity (Wildman–Crippen MR) is 153 cm³/mol. The van der Waals surface area contributed by atoms with Gasteiger partial charge in [0.25, 0.3) is 0 Å². The molecule has 198 valence electrons. The van der Waals surface area contributed by atoms with Gasteiger partial charge in [-0.2, -0.15) is 0 Å². The summed E-state index contributed by atoms with van der Waals surface area (Å²) >= 11 is 3.60. The van der Waals surface area contributed by atoms with Crippen molar-refractivity contribution in [3.63, 3.8) is 0 Å². The second kappa shape index (κ2) is 13.1. The number of fused-ring (bicyclic) bond motifs is 1. The summed E-state index contributed by atoms with van der Waals surface area (Å²) < 4.78 is 22.3. The van der Waals surface area contributed by atoms with Crippen molar-refractivity contribution in [2.24, 2.45) is 0 Å². The molecule has 8 heteroatoms. The Morgan fingerprint density at radius 3 is 2.32 bits per heavy atom. The summed E-state index contributed by atoms with van der Waals surface area (Å²) in [6.07, 6.45) is 1.37. The minimum atomic E-state index is -0.500. The molecule has 0 aliphatic rings. The van der Waals surface area contributed by atoms with Crippen LogP contribution in [-0.2, 0) is 20.9 Å². The topological polar surface area (TPSA) is 75.0 Å². The van der Waals surface area contributed by atoms with Crippen LogP contribution in [-0.4, -0.2) is 30.7 Å². The molecule has 0 aliphatic carbocycles. The molecule has 0 atom stereocenters. The molecule has 0 spiro atoms. The molecule has 0 fully saturated rings. The Kier molecular flexibility index (Phi) is 10.2. The Balaban J connectivity index is 2.13. The van der Waals surface area contributed by atoms with Crippen molar-refractivity contribution in [2.45, 2.75) is 56.3 Å². The largest absolute Gasteiger partial charge is 0.503 e. The zero-order valence-corrected chi connectivity index (χ0v) is 24.0. The molecule has 3 aromatic rings. The first-order chi connectivity index (χ1) is 17.7. The lowest BCUT2D eigenvalue weighted by molar-refractivity contribution is -0.133. The maximum atomic E-state index is 12.4. The van der Waals surface area contributed by atoms with Crippen LogP contribution >= 0.6 is 23.5 Å². The van der Waals surface area contributed by atoms with Gasteiger partial charge in [0.2, 0.25) is 0 Å². The van der Waals surface area contributed by atoms with E-state index in [2.05, 4.69) is 27.7 Å². The summed E-state index contributed by atoms with van der Waals surface area (Å²) in [4.78, 5) is 24.8. The van der Waals surface area contributed by atoms with Crippen LogP contribution in [0.4, 0.5) is 0 Å². The van der Waals surface area contributed by atoms with Gasteiger partial charge in [0.15, 0.2) is 0 Å². The van der Waals surface area contributed by atoms with E-state index in [1.54, 1.807) is 23.5 Å². The Labute approximate surface area is 226 Å². The third kappa shape index (κ3) is 7.14. The SMILES string of the molecule is CO/C=C(/C(=O)OC)c1ccccc1COc1ccc2c(C)cc(=O)oc2c1C(SC(C)C)SC(C)C. The molecule has 2 aromatic carbocycles. The number of aryl methyl sites for hydroxylation is 1. The summed E-state index contributed by atoms with van der Waals surface area (Å²) in [5.74, 6) is 0.136. The molecule has 0 aliphatic heterocycles. The van der Waals surface area contributed by atoms with E-state index < -0.39 is 5.97 Å². The van der Waals surface area contributed by atoms with Crippen LogP contribution in [0.1, 0.15) is 54.5 Å². The molecule has 1 heterocycles. The Bertz CT molecular complexity index is 1320. The molecule has 0 saturated carbocycles.